The van der Waals surface area contributed by atoms with Gasteiger partial charge in [-0.3, -0.25) is 0 Å². The molecule has 1 aromatic heterocycles. The molecule has 3 nitrogen and oxygen atoms in total. The van der Waals surface area contributed by atoms with Crippen LogP contribution in [-0.4, -0.2) is 11.6 Å². The Hall–Kier alpha value is -1.62. The first-order valence-electron chi connectivity index (χ1n) is 5.96. The van der Waals surface area contributed by atoms with Crippen LogP contribution < -0.4 is 10.1 Å². The molecule has 0 spiro atoms. The zero-order valence-corrected chi connectivity index (χ0v) is 12.1. The Morgan fingerprint density at radius 1 is 1.32 bits per heavy atom. The van der Waals surface area contributed by atoms with Crippen LogP contribution in [0.5, 0.6) is 5.88 Å². The van der Waals surface area contributed by atoms with Crippen LogP contribution >= 0.6 is 15.9 Å². The first-order chi connectivity index (χ1) is 9.19. The average Bonchev–Trinajstić information content (AvgIpc) is 2.41. The lowest BCUT2D eigenvalue weighted by molar-refractivity contribution is 0.327. The summed E-state index contributed by atoms with van der Waals surface area (Å²) in [7, 11) is 0. The Kier molecular flexibility index (Phi) is 4.74. The van der Waals surface area contributed by atoms with Gasteiger partial charge >= 0.3 is 0 Å². The Morgan fingerprint density at radius 2 is 2.16 bits per heavy atom. The van der Waals surface area contributed by atoms with E-state index in [0.29, 0.717) is 30.4 Å². The number of ether oxygens (including phenoxy) is 1. The Balaban J connectivity index is 2.05. The van der Waals surface area contributed by atoms with E-state index in [2.05, 4.69) is 26.2 Å². The van der Waals surface area contributed by atoms with Crippen LogP contribution in [0.1, 0.15) is 12.5 Å². The molecule has 0 amide bonds. The van der Waals surface area contributed by atoms with Crippen LogP contribution in [-0.2, 0) is 6.54 Å². The molecule has 0 unspecified atom stereocenters. The zero-order valence-electron chi connectivity index (χ0n) is 10.5. The van der Waals surface area contributed by atoms with Crippen LogP contribution in [0.25, 0.3) is 0 Å². The number of halogens is 2. The molecule has 19 heavy (non-hydrogen) atoms. The smallest absolute Gasteiger partial charge is 0.215 e. The molecule has 0 fully saturated rings. The van der Waals surface area contributed by atoms with Gasteiger partial charge < -0.3 is 10.1 Å². The van der Waals surface area contributed by atoms with E-state index in [1.807, 2.05) is 19.1 Å². The Labute approximate surface area is 119 Å². The number of benzene rings is 1. The van der Waals surface area contributed by atoms with Gasteiger partial charge in [0.05, 0.1) is 6.61 Å². The van der Waals surface area contributed by atoms with Gasteiger partial charge in [0, 0.05) is 22.6 Å². The van der Waals surface area contributed by atoms with Crippen LogP contribution in [0, 0.1) is 5.82 Å². The van der Waals surface area contributed by atoms with Gasteiger partial charge in [-0.05, 0) is 31.2 Å². The fourth-order valence-corrected chi connectivity index (χ4v) is 2.01. The molecule has 100 valence electrons. The lowest BCUT2D eigenvalue weighted by Crippen LogP contribution is -2.04. The number of nitrogens with one attached hydrogen (secondary N) is 1. The molecule has 5 heteroatoms. The van der Waals surface area contributed by atoms with Crippen molar-refractivity contribution in [2.75, 3.05) is 11.9 Å². The van der Waals surface area contributed by atoms with Crippen LogP contribution in [0.4, 0.5) is 10.2 Å². The maximum Gasteiger partial charge on any atom is 0.215 e. The first kappa shape index (κ1) is 13.8. The molecule has 2 aromatic rings. The largest absolute Gasteiger partial charge is 0.478 e. The maximum atomic E-state index is 13.6. The summed E-state index contributed by atoms with van der Waals surface area (Å²) in [5.74, 6) is 0.976. The Morgan fingerprint density at radius 3 is 2.95 bits per heavy atom. The van der Waals surface area contributed by atoms with E-state index in [9.17, 15) is 4.39 Å². The van der Waals surface area contributed by atoms with E-state index >= 15 is 0 Å². The standard InChI is InChI=1S/C14H14BrFN2O/c1-2-19-14-5-3-4-13(18-14)17-9-10-8-11(15)6-7-12(10)16/h3-8H,2,9H2,1H3,(H,17,18). The van der Waals surface area contributed by atoms with Gasteiger partial charge in [0.1, 0.15) is 11.6 Å². The minimum atomic E-state index is -0.239. The molecular weight excluding hydrogens is 311 g/mol. The summed E-state index contributed by atoms with van der Waals surface area (Å²) in [6.07, 6.45) is 0. The molecule has 0 bridgehead atoms. The second kappa shape index (κ2) is 6.52. The van der Waals surface area contributed by atoms with Crippen LogP contribution in [0.2, 0.25) is 0 Å². The topological polar surface area (TPSA) is 34.1 Å². The fourth-order valence-electron chi connectivity index (χ4n) is 1.61. The second-order valence-corrected chi connectivity index (χ2v) is 4.80. The van der Waals surface area contributed by atoms with E-state index < -0.39 is 0 Å². The van der Waals surface area contributed by atoms with Gasteiger partial charge in [-0.1, -0.05) is 22.0 Å². The van der Waals surface area contributed by atoms with Crippen molar-refractivity contribution < 1.29 is 9.13 Å². The van der Waals surface area contributed by atoms with Gasteiger partial charge in [-0.15, -0.1) is 0 Å². The van der Waals surface area contributed by atoms with Crippen molar-refractivity contribution in [3.8, 4) is 5.88 Å². The van der Waals surface area contributed by atoms with Gasteiger partial charge in [0.15, 0.2) is 0 Å². The summed E-state index contributed by atoms with van der Waals surface area (Å²) >= 11 is 3.32. The molecule has 1 aromatic carbocycles. The number of hydrogen-bond acceptors (Lipinski definition) is 3. The molecule has 2 rings (SSSR count). The number of anilines is 1. The van der Waals surface area contributed by atoms with Crippen molar-refractivity contribution in [2.45, 2.75) is 13.5 Å². The third-order valence-electron chi connectivity index (χ3n) is 2.48. The molecule has 1 N–H and O–H groups in total. The summed E-state index contributed by atoms with van der Waals surface area (Å²) in [6.45, 7) is 2.84. The highest BCUT2D eigenvalue weighted by molar-refractivity contribution is 9.10. The Bertz CT molecular complexity index is 563. The van der Waals surface area contributed by atoms with Crippen molar-refractivity contribution in [1.29, 1.82) is 0 Å². The summed E-state index contributed by atoms with van der Waals surface area (Å²) in [4.78, 5) is 4.26. The van der Waals surface area contributed by atoms with Gasteiger partial charge in [0.2, 0.25) is 5.88 Å². The normalized spacial score (nSPS) is 10.3. The highest BCUT2D eigenvalue weighted by atomic mass is 79.9. The average molecular weight is 325 g/mol. The molecule has 0 aliphatic heterocycles. The molecule has 0 saturated carbocycles. The molecule has 0 aliphatic rings. The van der Waals surface area contributed by atoms with Crippen LogP contribution in [0.15, 0.2) is 40.9 Å². The highest BCUT2D eigenvalue weighted by Gasteiger charge is 2.04. The predicted molar refractivity (Wildman–Crippen MR) is 76.8 cm³/mol. The molecule has 1 heterocycles. The summed E-state index contributed by atoms with van der Waals surface area (Å²) in [5.41, 5.74) is 0.581. The van der Waals surface area contributed by atoms with Crippen LogP contribution in [0.3, 0.4) is 0 Å². The number of rotatable bonds is 5. The number of nitrogens with zero attached hydrogens (tertiary/aromatic N) is 1. The molecule has 0 radical (unpaired) electrons. The highest BCUT2D eigenvalue weighted by Crippen LogP contribution is 2.17. The molecule has 0 atom stereocenters. The van der Waals surface area contributed by atoms with E-state index in [1.54, 1.807) is 18.2 Å². The van der Waals surface area contributed by atoms with Crippen molar-refractivity contribution in [3.05, 3.63) is 52.3 Å². The minimum Gasteiger partial charge on any atom is -0.478 e. The van der Waals surface area contributed by atoms with Gasteiger partial charge in [-0.25, -0.2) is 4.39 Å². The van der Waals surface area contributed by atoms with E-state index in [4.69, 9.17) is 4.74 Å². The third-order valence-corrected chi connectivity index (χ3v) is 2.98. The SMILES string of the molecule is CCOc1cccc(NCc2cc(Br)ccc2F)n1. The summed E-state index contributed by atoms with van der Waals surface area (Å²) in [5, 5.41) is 3.08. The number of aromatic nitrogens is 1. The van der Waals surface area contributed by atoms with E-state index in [0.717, 1.165) is 4.47 Å². The third kappa shape index (κ3) is 3.92. The maximum absolute atomic E-state index is 13.6. The van der Waals surface area contributed by atoms with Crippen molar-refractivity contribution in [1.82, 2.24) is 4.98 Å². The van der Waals surface area contributed by atoms with Crippen molar-refractivity contribution in [2.24, 2.45) is 0 Å². The quantitative estimate of drug-likeness (QED) is 0.902. The van der Waals surface area contributed by atoms with Gasteiger partial charge in [-0.2, -0.15) is 4.98 Å². The predicted octanol–water partition coefficient (Wildman–Crippen LogP) is 3.99. The zero-order chi connectivity index (χ0) is 13.7. The lowest BCUT2D eigenvalue weighted by Gasteiger charge is -2.08. The number of pyridine rings is 1. The fraction of sp³-hybridized carbons (Fsp3) is 0.214. The molecule has 0 aliphatic carbocycles. The first-order valence-corrected chi connectivity index (χ1v) is 6.76. The van der Waals surface area contributed by atoms with E-state index in [-0.39, 0.29) is 5.82 Å². The lowest BCUT2D eigenvalue weighted by atomic mass is 10.2. The minimum absolute atomic E-state index is 0.239. The van der Waals surface area contributed by atoms with Gasteiger partial charge in [0.25, 0.3) is 0 Å². The second-order valence-electron chi connectivity index (χ2n) is 3.88. The summed E-state index contributed by atoms with van der Waals surface area (Å²) < 4.78 is 19.7. The summed E-state index contributed by atoms with van der Waals surface area (Å²) in [6, 6.07) is 10.3. The van der Waals surface area contributed by atoms with E-state index in [1.165, 1.54) is 6.07 Å². The van der Waals surface area contributed by atoms with Crippen molar-refractivity contribution >= 4 is 21.7 Å². The molecule has 0 saturated heterocycles. The monoisotopic (exact) mass is 324 g/mol. The van der Waals surface area contributed by atoms with Crippen molar-refractivity contribution in [3.63, 3.8) is 0 Å². The molecular formula is C14H14BrFN2O. The number of hydrogen-bond donors (Lipinski definition) is 1.